The summed E-state index contributed by atoms with van der Waals surface area (Å²) in [5.74, 6) is 0.650. The molecule has 2 unspecified atom stereocenters. The van der Waals surface area contributed by atoms with Gasteiger partial charge in [-0.05, 0) is 69.4 Å². The summed E-state index contributed by atoms with van der Waals surface area (Å²) in [5, 5.41) is 4.33. The topological polar surface area (TPSA) is 68.6 Å². The number of halogens is 2. The Morgan fingerprint density at radius 3 is 2.83 bits per heavy atom. The lowest BCUT2D eigenvalue weighted by Crippen LogP contribution is -2.46. The molecule has 0 bridgehead atoms. The molecule has 1 aromatic heterocycles. The number of hydrogen-bond acceptors (Lipinski definition) is 5. The summed E-state index contributed by atoms with van der Waals surface area (Å²) in [6.45, 7) is 6.34. The molecule has 1 N–H and O–H groups in total. The van der Waals surface area contributed by atoms with E-state index in [1.807, 2.05) is 55.1 Å². The van der Waals surface area contributed by atoms with E-state index in [0.29, 0.717) is 48.7 Å². The summed E-state index contributed by atoms with van der Waals surface area (Å²) >= 11 is 12.3. The van der Waals surface area contributed by atoms with Gasteiger partial charge < -0.3 is 24.3 Å². The quantitative estimate of drug-likeness (QED) is 0.263. The normalized spacial score (nSPS) is 16.9. The minimum atomic E-state index is -0.558. The van der Waals surface area contributed by atoms with Crippen LogP contribution in [-0.4, -0.2) is 52.6 Å². The fraction of sp³-hybridized carbons (Fsp3) is 0.462. The molecule has 1 fully saturated rings. The Hall–Kier alpha value is -2.48. The molecule has 3 aromatic rings. The molecule has 2 aromatic carbocycles. The van der Waals surface area contributed by atoms with Gasteiger partial charge in [0.25, 0.3) is 0 Å². The van der Waals surface area contributed by atoms with Crippen LogP contribution in [0.4, 0.5) is 10.7 Å². The van der Waals surface area contributed by atoms with Crippen molar-refractivity contribution < 1.29 is 14.3 Å². The molecule has 1 saturated heterocycles. The summed E-state index contributed by atoms with van der Waals surface area (Å²) in [6.07, 6.45) is 2.78. The van der Waals surface area contributed by atoms with Gasteiger partial charge in [-0.15, -0.1) is 0 Å². The zero-order valence-electron chi connectivity index (χ0n) is 20.2. The first-order chi connectivity index (χ1) is 17.0. The molecule has 9 heteroatoms. The molecule has 0 aliphatic carbocycles. The number of piperidine rings is 1. The van der Waals surface area contributed by atoms with Crippen molar-refractivity contribution in [2.24, 2.45) is 0 Å². The molecule has 7 nitrogen and oxygen atoms in total. The lowest BCUT2D eigenvalue weighted by molar-refractivity contribution is 0.0550. The number of para-hydroxylation sites is 2. The van der Waals surface area contributed by atoms with E-state index < -0.39 is 6.23 Å². The Balaban J connectivity index is 1.43. The van der Waals surface area contributed by atoms with Gasteiger partial charge in [0.05, 0.1) is 27.7 Å². The number of ether oxygens (including phenoxy) is 2. The van der Waals surface area contributed by atoms with E-state index in [1.54, 1.807) is 6.07 Å². The Kier molecular flexibility index (Phi) is 8.76. The summed E-state index contributed by atoms with van der Waals surface area (Å²) in [4.78, 5) is 19.7. The van der Waals surface area contributed by atoms with E-state index in [2.05, 4.69) is 9.88 Å². The van der Waals surface area contributed by atoms with Crippen LogP contribution in [0, 0.1) is 0 Å². The summed E-state index contributed by atoms with van der Waals surface area (Å²) in [5.41, 5.74) is 2.94. The van der Waals surface area contributed by atoms with Crippen molar-refractivity contribution >= 4 is 46.3 Å². The van der Waals surface area contributed by atoms with E-state index in [-0.39, 0.29) is 12.1 Å². The third kappa shape index (κ3) is 6.40. The lowest BCUT2D eigenvalue weighted by Gasteiger charge is -2.35. The molecular weight excluding hydrogens is 487 g/mol. The van der Waals surface area contributed by atoms with Crippen LogP contribution in [-0.2, 0) is 22.4 Å². The summed E-state index contributed by atoms with van der Waals surface area (Å²) < 4.78 is 13.4. The average molecular weight is 519 g/mol. The summed E-state index contributed by atoms with van der Waals surface area (Å²) in [7, 11) is 0. The first-order valence-corrected chi connectivity index (χ1v) is 12.9. The fourth-order valence-electron chi connectivity index (χ4n) is 4.53. The third-order valence-corrected chi connectivity index (χ3v) is 6.98. The maximum absolute atomic E-state index is 13.2. The molecule has 2 heterocycles. The highest BCUT2D eigenvalue weighted by Crippen LogP contribution is 2.27. The van der Waals surface area contributed by atoms with Crippen LogP contribution in [0.2, 0.25) is 10.0 Å². The van der Waals surface area contributed by atoms with Crippen molar-refractivity contribution in [2.75, 3.05) is 25.1 Å². The Bertz CT molecular complexity index is 1150. The highest BCUT2D eigenvalue weighted by molar-refractivity contribution is 6.42. The highest BCUT2D eigenvalue weighted by Gasteiger charge is 2.29. The molecule has 1 amide bonds. The van der Waals surface area contributed by atoms with Crippen molar-refractivity contribution in [3.8, 4) is 0 Å². The van der Waals surface area contributed by atoms with Crippen LogP contribution in [0.5, 0.6) is 0 Å². The molecule has 0 radical (unpaired) electrons. The van der Waals surface area contributed by atoms with Gasteiger partial charge >= 0.3 is 6.09 Å². The van der Waals surface area contributed by atoms with E-state index in [0.717, 1.165) is 35.9 Å². The van der Waals surface area contributed by atoms with Gasteiger partial charge in [-0.1, -0.05) is 41.4 Å². The number of imidazole rings is 1. The number of likely N-dealkylation sites (tertiary alicyclic amines) is 1. The van der Waals surface area contributed by atoms with Crippen molar-refractivity contribution in [3.63, 3.8) is 0 Å². The predicted molar refractivity (Wildman–Crippen MR) is 140 cm³/mol. The predicted octanol–water partition coefficient (Wildman–Crippen LogP) is 6.37. The van der Waals surface area contributed by atoms with E-state index in [4.69, 9.17) is 37.7 Å². The van der Waals surface area contributed by atoms with E-state index >= 15 is 0 Å². The van der Waals surface area contributed by atoms with Crippen LogP contribution in [0.15, 0.2) is 42.5 Å². The number of nitrogens with zero attached hydrogens (tertiary/aromatic N) is 3. The number of anilines is 1. The highest BCUT2D eigenvalue weighted by atomic mass is 35.5. The van der Waals surface area contributed by atoms with Crippen LogP contribution < -0.4 is 5.32 Å². The Morgan fingerprint density at radius 1 is 1.20 bits per heavy atom. The molecular formula is C26H32Cl2N4O3. The van der Waals surface area contributed by atoms with Crippen LogP contribution >= 0.6 is 23.2 Å². The molecule has 0 saturated carbocycles. The van der Waals surface area contributed by atoms with Gasteiger partial charge in [0.15, 0.2) is 6.23 Å². The number of nitrogens with one attached hydrogen (secondary N) is 1. The van der Waals surface area contributed by atoms with Gasteiger partial charge in [0.1, 0.15) is 0 Å². The van der Waals surface area contributed by atoms with Gasteiger partial charge in [-0.25, -0.2) is 9.78 Å². The first kappa shape index (κ1) is 25.6. The molecule has 4 rings (SSSR count). The number of carbonyl (C=O) groups is 1. The minimum Gasteiger partial charge on any atom is -0.426 e. The van der Waals surface area contributed by atoms with E-state index in [9.17, 15) is 4.79 Å². The van der Waals surface area contributed by atoms with Gasteiger partial charge in [-0.3, -0.25) is 0 Å². The van der Waals surface area contributed by atoms with Crippen molar-refractivity contribution in [1.82, 2.24) is 14.5 Å². The van der Waals surface area contributed by atoms with Gasteiger partial charge in [0, 0.05) is 25.7 Å². The molecule has 35 heavy (non-hydrogen) atoms. The first-order valence-electron chi connectivity index (χ1n) is 12.2. The number of carbonyl (C=O) groups excluding carboxylic acids is 1. The third-order valence-electron chi connectivity index (χ3n) is 6.24. The largest absolute Gasteiger partial charge is 0.426 e. The van der Waals surface area contributed by atoms with Gasteiger partial charge in [-0.2, -0.15) is 0 Å². The van der Waals surface area contributed by atoms with Crippen LogP contribution in [0.25, 0.3) is 11.0 Å². The molecule has 2 atom stereocenters. The lowest BCUT2D eigenvalue weighted by atomic mass is 9.96. The maximum atomic E-state index is 13.2. The molecule has 188 valence electrons. The second-order valence-electron chi connectivity index (χ2n) is 8.74. The number of benzene rings is 2. The second kappa shape index (κ2) is 12.0. The van der Waals surface area contributed by atoms with Crippen molar-refractivity contribution in [1.29, 1.82) is 0 Å². The van der Waals surface area contributed by atoms with E-state index in [1.165, 1.54) is 0 Å². The van der Waals surface area contributed by atoms with Crippen LogP contribution in [0.3, 0.4) is 0 Å². The number of aromatic nitrogens is 2. The zero-order chi connectivity index (χ0) is 24.8. The average Bonchev–Trinajstić information content (AvgIpc) is 3.18. The van der Waals surface area contributed by atoms with Crippen molar-refractivity contribution in [3.05, 3.63) is 58.1 Å². The Morgan fingerprint density at radius 2 is 2.03 bits per heavy atom. The molecule has 1 aliphatic heterocycles. The number of hydrogen-bond donors (Lipinski definition) is 1. The SMILES string of the molecule is CCOCCn1c(NC(C)OC(=O)N2CCCCC2Cc2ccc(Cl)c(Cl)c2)nc2ccccc21. The molecule has 1 aliphatic rings. The molecule has 0 spiro atoms. The second-order valence-corrected chi connectivity index (χ2v) is 9.55. The number of amides is 1. The Labute approximate surface area is 216 Å². The number of rotatable bonds is 9. The van der Waals surface area contributed by atoms with Gasteiger partial charge in [0.2, 0.25) is 5.95 Å². The standard InChI is InChI=1S/C26H32Cl2N4O3/c1-3-34-15-14-32-24-10-5-4-9-23(24)30-25(32)29-18(2)35-26(33)31-13-7-6-8-20(31)16-19-11-12-21(27)22(28)17-19/h4-5,9-12,17-18,20H,3,6-8,13-16H2,1-2H3,(H,29,30). The number of fused-ring (bicyclic) bond motifs is 1. The summed E-state index contributed by atoms with van der Waals surface area (Å²) in [6, 6.07) is 13.6. The monoisotopic (exact) mass is 518 g/mol. The fourth-order valence-corrected chi connectivity index (χ4v) is 4.85. The minimum absolute atomic E-state index is 0.0523. The van der Waals surface area contributed by atoms with Crippen LogP contribution in [0.1, 0.15) is 38.7 Å². The smallest absolute Gasteiger partial charge is 0.411 e. The zero-order valence-corrected chi connectivity index (χ0v) is 21.7. The van der Waals surface area contributed by atoms with Crippen molar-refractivity contribution in [2.45, 2.75) is 58.3 Å². The maximum Gasteiger partial charge on any atom is 0.411 e.